The number of rotatable bonds is 3. The number of phenolic OH excluding ortho intramolecular Hbond substituents is 1. The zero-order valence-corrected chi connectivity index (χ0v) is 10.5. The lowest BCUT2D eigenvalue weighted by atomic mass is 10.1. The lowest BCUT2D eigenvalue weighted by molar-refractivity contribution is 0.0955. The molecule has 2 aromatic rings. The molecule has 0 saturated carbocycles. The largest absolute Gasteiger partial charge is 0.507 e. The molecule has 4 nitrogen and oxygen atoms in total. The van der Waals surface area contributed by atoms with Crippen molar-refractivity contribution in [3.63, 3.8) is 0 Å². The Hall–Kier alpha value is -2.62. The fourth-order valence-corrected chi connectivity index (χ4v) is 1.58. The van der Waals surface area contributed by atoms with Crippen LogP contribution in [0.15, 0.2) is 53.6 Å². The fourth-order valence-electron chi connectivity index (χ4n) is 1.58. The van der Waals surface area contributed by atoms with E-state index in [1.165, 1.54) is 6.21 Å². The topological polar surface area (TPSA) is 61.7 Å². The van der Waals surface area contributed by atoms with Gasteiger partial charge in [-0.2, -0.15) is 5.10 Å². The first kappa shape index (κ1) is 12.8. The van der Waals surface area contributed by atoms with E-state index in [0.29, 0.717) is 11.1 Å². The molecule has 96 valence electrons. The van der Waals surface area contributed by atoms with Crippen molar-refractivity contribution >= 4 is 12.1 Å². The van der Waals surface area contributed by atoms with Gasteiger partial charge in [0.15, 0.2) is 0 Å². The standard InChI is InChI=1S/C15H14N2O2/c1-11-7-8-13(14(18)9-11)10-16-17-15(19)12-5-3-2-4-6-12/h2-10,18H,1H3,(H,17,19). The predicted octanol–water partition coefficient (Wildman–Crippen LogP) is 2.46. The summed E-state index contributed by atoms with van der Waals surface area (Å²) < 4.78 is 0. The molecule has 0 aromatic heterocycles. The molecule has 0 unspecified atom stereocenters. The smallest absolute Gasteiger partial charge is 0.271 e. The van der Waals surface area contributed by atoms with Gasteiger partial charge in [-0.05, 0) is 36.8 Å². The normalized spacial score (nSPS) is 10.6. The van der Waals surface area contributed by atoms with Crippen molar-refractivity contribution in [3.05, 3.63) is 65.2 Å². The van der Waals surface area contributed by atoms with Crippen LogP contribution >= 0.6 is 0 Å². The summed E-state index contributed by atoms with van der Waals surface area (Å²) in [5, 5.41) is 13.5. The van der Waals surface area contributed by atoms with Crippen LogP contribution in [0.25, 0.3) is 0 Å². The van der Waals surface area contributed by atoms with Crippen molar-refractivity contribution in [2.75, 3.05) is 0 Å². The summed E-state index contributed by atoms with van der Waals surface area (Å²) in [5.74, 6) is -0.152. The number of amides is 1. The molecule has 0 aliphatic heterocycles. The molecule has 2 aromatic carbocycles. The van der Waals surface area contributed by atoms with Crippen molar-refractivity contribution in [1.29, 1.82) is 0 Å². The molecule has 2 N–H and O–H groups in total. The number of carbonyl (C=O) groups is 1. The van der Waals surface area contributed by atoms with Gasteiger partial charge in [0, 0.05) is 11.1 Å². The average molecular weight is 254 g/mol. The minimum absolute atomic E-state index is 0.137. The molecular formula is C15H14N2O2. The number of hydrogen-bond donors (Lipinski definition) is 2. The summed E-state index contributed by atoms with van der Waals surface area (Å²) in [6, 6.07) is 14.0. The number of hydrazone groups is 1. The van der Waals surface area contributed by atoms with E-state index in [0.717, 1.165) is 5.56 Å². The monoisotopic (exact) mass is 254 g/mol. The molecule has 0 bridgehead atoms. The highest BCUT2D eigenvalue weighted by Gasteiger charge is 2.02. The highest BCUT2D eigenvalue weighted by atomic mass is 16.3. The summed E-state index contributed by atoms with van der Waals surface area (Å²) in [6.07, 6.45) is 1.41. The Kier molecular flexibility index (Phi) is 3.93. The van der Waals surface area contributed by atoms with Crippen LogP contribution in [0.3, 0.4) is 0 Å². The number of phenols is 1. The lowest BCUT2D eigenvalue weighted by Crippen LogP contribution is -2.17. The van der Waals surface area contributed by atoms with Gasteiger partial charge in [-0.3, -0.25) is 4.79 Å². The van der Waals surface area contributed by atoms with E-state index in [4.69, 9.17) is 0 Å². The predicted molar refractivity (Wildman–Crippen MR) is 74.3 cm³/mol. The van der Waals surface area contributed by atoms with E-state index in [9.17, 15) is 9.90 Å². The molecule has 4 heteroatoms. The minimum Gasteiger partial charge on any atom is -0.507 e. The summed E-state index contributed by atoms with van der Waals surface area (Å²) in [7, 11) is 0. The highest BCUT2D eigenvalue weighted by molar-refractivity contribution is 5.95. The molecule has 0 radical (unpaired) electrons. The molecule has 0 saturated heterocycles. The van der Waals surface area contributed by atoms with Crippen LogP contribution < -0.4 is 5.43 Å². The van der Waals surface area contributed by atoms with E-state index in [-0.39, 0.29) is 11.7 Å². The molecule has 0 fully saturated rings. The third kappa shape index (κ3) is 3.42. The highest BCUT2D eigenvalue weighted by Crippen LogP contribution is 2.15. The van der Waals surface area contributed by atoms with Gasteiger partial charge in [0.05, 0.1) is 6.21 Å². The second-order valence-electron chi connectivity index (χ2n) is 4.13. The van der Waals surface area contributed by atoms with E-state index in [2.05, 4.69) is 10.5 Å². The maximum Gasteiger partial charge on any atom is 0.271 e. The molecule has 0 heterocycles. The number of benzene rings is 2. The van der Waals surface area contributed by atoms with Gasteiger partial charge in [0.25, 0.3) is 5.91 Å². The maximum absolute atomic E-state index is 11.7. The van der Waals surface area contributed by atoms with Crippen LogP contribution in [-0.4, -0.2) is 17.2 Å². The quantitative estimate of drug-likeness (QED) is 0.653. The van der Waals surface area contributed by atoms with Crippen molar-refractivity contribution < 1.29 is 9.90 Å². The van der Waals surface area contributed by atoms with Crippen molar-refractivity contribution in [2.45, 2.75) is 6.92 Å². The fraction of sp³-hybridized carbons (Fsp3) is 0.0667. The van der Waals surface area contributed by atoms with Crippen LogP contribution in [0.5, 0.6) is 5.75 Å². The van der Waals surface area contributed by atoms with Gasteiger partial charge in [-0.15, -0.1) is 0 Å². The van der Waals surface area contributed by atoms with E-state index in [1.54, 1.807) is 36.4 Å². The van der Waals surface area contributed by atoms with E-state index >= 15 is 0 Å². The second-order valence-corrected chi connectivity index (χ2v) is 4.13. The SMILES string of the molecule is Cc1ccc(C=NNC(=O)c2ccccc2)c(O)c1. The Balaban J connectivity index is 2.02. The Bertz CT molecular complexity index is 607. The minimum atomic E-state index is -0.288. The molecule has 0 spiro atoms. The van der Waals surface area contributed by atoms with Crippen molar-refractivity contribution in [2.24, 2.45) is 5.10 Å². The first-order valence-electron chi connectivity index (χ1n) is 5.85. The third-order valence-corrected chi connectivity index (χ3v) is 2.59. The number of carbonyl (C=O) groups excluding carboxylic acids is 1. The lowest BCUT2D eigenvalue weighted by Gasteiger charge is -2.01. The molecule has 0 atom stereocenters. The van der Waals surface area contributed by atoms with Gasteiger partial charge < -0.3 is 5.11 Å². The van der Waals surface area contributed by atoms with Crippen LogP contribution in [0, 0.1) is 6.92 Å². The van der Waals surface area contributed by atoms with E-state index in [1.807, 2.05) is 19.1 Å². The number of nitrogens with one attached hydrogen (secondary N) is 1. The zero-order chi connectivity index (χ0) is 13.7. The maximum atomic E-state index is 11.7. The van der Waals surface area contributed by atoms with E-state index < -0.39 is 0 Å². The van der Waals surface area contributed by atoms with Gasteiger partial charge in [-0.25, -0.2) is 5.43 Å². The Morgan fingerprint density at radius 3 is 2.63 bits per heavy atom. The Labute approximate surface area is 111 Å². The molecular weight excluding hydrogens is 240 g/mol. The van der Waals surface area contributed by atoms with Gasteiger partial charge in [-0.1, -0.05) is 24.3 Å². The number of nitrogens with zero attached hydrogens (tertiary/aromatic N) is 1. The first-order chi connectivity index (χ1) is 9.16. The molecule has 2 rings (SSSR count). The van der Waals surface area contributed by atoms with Gasteiger partial charge in [0.2, 0.25) is 0 Å². The molecule has 0 aliphatic rings. The number of aryl methyl sites for hydroxylation is 1. The molecule has 1 amide bonds. The van der Waals surface area contributed by atoms with Crippen LogP contribution in [0.4, 0.5) is 0 Å². The zero-order valence-electron chi connectivity index (χ0n) is 10.5. The van der Waals surface area contributed by atoms with Gasteiger partial charge >= 0.3 is 0 Å². The number of hydrogen-bond acceptors (Lipinski definition) is 3. The molecule has 0 aliphatic carbocycles. The third-order valence-electron chi connectivity index (χ3n) is 2.59. The van der Waals surface area contributed by atoms with Crippen molar-refractivity contribution in [1.82, 2.24) is 5.43 Å². The summed E-state index contributed by atoms with van der Waals surface area (Å²) in [4.78, 5) is 11.7. The summed E-state index contributed by atoms with van der Waals surface area (Å²) in [6.45, 7) is 1.89. The van der Waals surface area contributed by atoms with Crippen LogP contribution in [-0.2, 0) is 0 Å². The van der Waals surface area contributed by atoms with Crippen LogP contribution in [0.2, 0.25) is 0 Å². The second kappa shape index (κ2) is 5.82. The summed E-state index contributed by atoms with van der Waals surface area (Å²) >= 11 is 0. The Morgan fingerprint density at radius 2 is 1.95 bits per heavy atom. The van der Waals surface area contributed by atoms with Crippen LogP contribution in [0.1, 0.15) is 21.5 Å². The van der Waals surface area contributed by atoms with Gasteiger partial charge in [0.1, 0.15) is 5.75 Å². The summed E-state index contributed by atoms with van der Waals surface area (Å²) in [5.41, 5.74) is 4.46. The average Bonchev–Trinajstić information content (AvgIpc) is 2.42. The number of aromatic hydroxyl groups is 1. The Morgan fingerprint density at radius 1 is 1.21 bits per heavy atom. The van der Waals surface area contributed by atoms with Crippen molar-refractivity contribution in [3.8, 4) is 5.75 Å². The molecule has 19 heavy (non-hydrogen) atoms. The first-order valence-corrected chi connectivity index (χ1v) is 5.85.